The first-order valence-electron chi connectivity index (χ1n) is 10.7. The molecule has 4 nitrogen and oxygen atoms in total. The second kappa shape index (κ2) is 9.13. The first kappa shape index (κ1) is 23.8. The predicted octanol–water partition coefficient (Wildman–Crippen LogP) is 5.46. The van der Waals surface area contributed by atoms with Crippen molar-refractivity contribution in [2.75, 3.05) is 13.1 Å². The molecule has 0 radical (unpaired) electrons. The summed E-state index contributed by atoms with van der Waals surface area (Å²) in [4.78, 5) is 12.4. The SMILES string of the molecule is C=C[C@H]1CN(S(=O)(=O)c2c(C(C)C)cc(C(C)C)cc2C(C)C)CC[C@@H]1C(C)=O. The van der Waals surface area contributed by atoms with E-state index in [1.807, 2.05) is 0 Å². The van der Waals surface area contributed by atoms with Crippen molar-refractivity contribution in [1.29, 1.82) is 0 Å². The van der Waals surface area contributed by atoms with E-state index in [1.165, 1.54) is 5.56 Å². The molecule has 2 atom stereocenters. The summed E-state index contributed by atoms with van der Waals surface area (Å²) in [5.41, 5.74) is 2.96. The standard InChI is InChI=1S/C24H37NO3S/c1-9-19-14-25(11-10-21(19)18(8)26)29(27,28)24-22(16(4)5)12-20(15(2)3)13-23(24)17(6)7/h9,12-13,15-17,19,21H,1,10-11,14H2,2-8H3/t19-,21+/m0/s1. The maximum absolute atomic E-state index is 13.9. The van der Waals surface area contributed by atoms with Crippen LogP contribution in [0.15, 0.2) is 29.7 Å². The lowest BCUT2D eigenvalue weighted by Gasteiger charge is -2.36. The van der Waals surface area contributed by atoms with E-state index in [9.17, 15) is 13.2 Å². The number of hydrogen-bond acceptors (Lipinski definition) is 3. The Kier molecular flexibility index (Phi) is 7.50. The predicted molar refractivity (Wildman–Crippen MR) is 120 cm³/mol. The summed E-state index contributed by atoms with van der Waals surface area (Å²) in [7, 11) is -3.67. The Morgan fingerprint density at radius 2 is 1.59 bits per heavy atom. The van der Waals surface area contributed by atoms with Gasteiger partial charge in [-0.3, -0.25) is 4.79 Å². The number of ketones is 1. The molecule has 162 valence electrons. The topological polar surface area (TPSA) is 54.5 Å². The monoisotopic (exact) mass is 419 g/mol. The third-order valence-electron chi connectivity index (χ3n) is 6.12. The van der Waals surface area contributed by atoms with Crippen LogP contribution in [0.4, 0.5) is 0 Å². The Balaban J connectivity index is 2.62. The molecule has 0 unspecified atom stereocenters. The molecule has 1 aliphatic heterocycles. The summed E-state index contributed by atoms with van der Waals surface area (Å²) in [5, 5.41) is 0. The van der Waals surface area contributed by atoms with Crippen LogP contribution in [0, 0.1) is 11.8 Å². The third kappa shape index (κ3) is 4.83. The van der Waals surface area contributed by atoms with Crippen molar-refractivity contribution in [1.82, 2.24) is 4.31 Å². The van der Waals surface area contributed by atoms with E-state index in [0.717, 1.165) is 11.1 Å². The number of Topliss-reactive ketones (excluding diaryl/α,β-unsaturated/α-hetero) is 1. The molecule has 0 aromatic heterocycles. The van der Waals surface area contributed by atoms with Crippen LogP contribution in [0.3, 0.4) is 0 Å². The number of hydrogen-bond donors (Lipinski definition) is 0. The molecule has 1 heterocycles. The number of carbonyl (C=O) groups is 1. The van der Waals surface area contributed by atoms with E-state index in [1.54, 1.807) is 17.3 Å². The van der Waals surface area contributed by atoms with Gasteiger partial charge in [0.05, 0.1) is 4.90 Å². The molecular weight excluding hydrogens is 382 g/mol. The van der Waals surface area contributed by atoms with Gasteiger partial charge < -0.3 is 0 Å². The number of sulfonamides is 1. The highest BCUT2D eigenvalue weighted by Crippen LogP contribution is 2.38. The van der Waals surface area contributed by atoms with E-state index in [4.69, 9.17) is 0 Å². The van der Waals surface area contributed by atoms with Gasteiger partial charge in [-0.1, -0.05) is 59.8 Å². The van der Waals surface area contributed by atoms with Crippen molar-refractivity contribution < 1.29 is 13.2 Å². The molecule has 0 N–H and O–H groups in total. The average Bonchev–Trinajstić information content (AvgIpc) is 2.65. The molecular formula is C24H37NO3S. The summed E-state index contributed by atoms with van der Waals surface area (Å²) in [5.74, 6) is 0.353. The first-order valence-corrected chi connectivity index (χ1v) is 12.2. The van der Waals surface area contributed by atoms with E-state index >= 15 is 0 Å². The summed E-state index contributed by atoms with van der Waals surface area (Å²) in [6.45, 7) is 18.6. The van der Waals surface area contributed by atoms with Gasteiger partial charge in [0.15, 0.2) is 0 Å². The maximum Gasteiger partial charge on any atom is 0.243 e. The van der Waals surface area contributed by atoms with Gasteiger partial charge in [0.2, 0.25) is 10.0 Å². The zero-order valence-electron chi connectivity index (χ0n) is 19.0. The quantitative estimate of drug-likeness (QED) is 0.552. The highest BCUT2D eigenvalue weighted by atomic mass is 32.2. The van der Waals surface area contributed by atoms with Crippen LogP contribution < -0.4 is 0 Å². The Labute approximate surface area is 177 Å². The van der Waals surface area contributed by atoms with Crippen molar-refractivity contribution in [3.8, 4) is 0 Å². The largest absolute Gasteiger partial charge is 0.300 e. The molecule has 1 fully saturated rings. The molecule has 0 amide bonds. The van der Waals surface area contributed by atoms with Gasteiger partial charge in [-0.15, -0.1) is 6.58 Å². The first-order chi connectivity index (χ1) is 13.4. The van der Waals surface area contributed by atoms with Crippen molar-refractivity contribution in [2.24, 2.45) is 11.8 Å². The van der Waals surface area contributed by atoms with Crippen molar-refractivity contribution in [2.45, 2.75) is 77.5 Å². The van der Waals surface area contributed by atoms with Crippen molar-refractivity contribution >= 4 is 15.8 Å². The van der Waals surface area contributed by atoms with Gasteiger partial charge in [-0.2, -0.15) is 4.31 Å². The fraction of sp³-hybridized carbons (Fsp3) is 0.625. The van der Waals surface area contributed by atoms with Gasteiger partial charge in [-0.05, 0) is 47.8 Å². The van der Waals surface area contributed by atoms with Crippen molar-refractivity contribution in [3.63, 3.8) is 0 Å². The molecule has 0 spiro atoms. The van der Waals surface area contributed by atoms with Gasteiger partial charge in [0.1, 0.15) is 5.78 Å². The minimum Gasteiger partial charge on any atom is -0.300 e. The van der Waals surface area contributed by atoms with Gasteiger partial charge in [0, 0.05) is 24.9 Å². The molecule has 5 heteroatoms. The lowest BCUT2D eigenvalue weighted by Crippen LogP contribution is -2.45. The highest BCUT2D eigenvalue weighted by molar-refractivity contribution is 7.89. The fourth-order valence-corrected chi connectivity index (χ4v) is 6.39. The van der Waals surface area contributed by atoms with E-state index in [0.29, 0.717) is 30.3 Å². The molecule has 1 saturated heterocycles. The zero-order chi connectivity index (χ0) is 22.1. The van der Waals surface area contributed by atoms with Crippen LogP contribution in [0.25, 0.3) is 0 Å². The normalized spacial score (nSPS) is 21.2. The van der Waals surface area contributed by atoms with Gasteiger partial charge >= 0.3 is 0 Å². The smallest absolute Gasteiger partial charge is 0.243 e. The van der Waals surface area contributed by atoms with Gasteiger partial charge in [-0.25, -0.2) is 8.42 Å². The molecule has 1 aromatic carbocycles. The third-order valence-corrected chi connectivity index (χ3v) is 8.12. The minimum atomic E-state index is -3.67. The van der Waals surface area contributed by atoms with Crippen LogP contribution in [-0.4, -0.2) is 31.6 Å². The highest BCUT2D eigenvalue weighted by Gasteiger charge is 2.38. The fourth-order valence-electron chi connectivity index (χ4n) is 4.23. The van der Waals surface area contributed by atoms with Crippen LogP contribution in [-0.2, 0) is 14.8 Å². The Morgan fingerprint density at radius 1 is 1.07 bits per heavy atom. The second-order valence-electron chi connectivity index (χ2n) is 9.26. The second-order valence-corrected chi connectivity index (χ2v) is 11.1. The number of nitrogens with zero attached hydrogens (tertiary/aromatic N) is 1. The average molecular weight is 420 g/mol. The Hall–Kier alpha value is -1.46. The molecule has 1 aromatic rings. The van der Waals surface area contributed by atoms with Crippen LogP contribution >= 0.6 is 0 Å². The van der Waals surface area contributed by atoms with E-state index < -0.39 is 10.0 Å². The Bertz CT molecular complexity index is 839. The number of rotatable bonds is 7. The van der Waals surface area contributed by atoms with Crippen LogP contribution in [0.5, 0.6) is 0 Å². The summed E-state index contributed by atoms with van der Waals surface area (Å²) in [6, 6.07) is 4.14. The zero-order valence-corrected chi connectivity index (χ0v) is 19.8. The number of carbonyl (C=O) groups excluding carboxylic acids is 1. The Morgan fingerprint density at radius 3 is 1.97 bits per heavy atom. The summed E-state index contributed by atoms with van der Waals surface area (Å²) < 4.78 is 29.3. The van der Waals surface area contributed by atoms with E-state index in [2.05, 4.69) is 60.3 Å². The van der Waals surface area contributed by atoms with Crippen LogP contribution in [0.2, 0.25) is 0 Å². The number of piperidine rings is 1. The lowest BCUT2D eigenvalue weighted by atomic mass is 9.84. The molecule has 1 aliphatic rings. The minimum absolute atomic E-state index is 0.0981. The van der Waals surface area contributed by atoms with Gasteiger partial charge in [0.25, 0.3) is 0 Å². The lowest BCUT2D eigenvalue weighted by molar-refractivity contribution is -0.122. The molecule has 0 saturated carbocycles. The number of benzene rings is 1. The maximum atomic E-state index is 13.9. The molecule has 0 aliphatic carbocycles. The van der Waals surface area contributed by atoms with E-state index in [-0.39, 0.29) is 29.5 Å². The van der Waals surface area contributed by atoms with Crippen molar-refractivity contribution in [3.05, 3.63) is 41.5 Å². The molecule has 29 heavy (non-hydrogen) atoms. The molecule has 0 bridgehead atoms. The van der Waals surface area contributed by atoms with Crippen LogP contribution in [0.1, 0.15) is 89.3 Å². The molecule has 2 rings (SSSR count). The summed E-state index contributed by atoms with van der Waals surface area (Å²) >= 11 is 0. The summed E-state index contributed by atoms with van der Waals surface area (Å²) in [6.07, 6.45) is 2.28.